The van der Waals surface area contributed by atoms with E-state index in [1.54, 1.807) is 14.0 Å². The van der Waals surface area contributed by atoms with Crippen LogP contribution in [0.5, 0.6) is 5.75 Å². The van der Waals surface area contributed by atoms with Crippen molar-refractivity contribution in [1.82, 2.24) is 15.1 Å². The topological polar surface area (TPSA) is 51.1 Å². The number of nitrogens with zero attached hydrogens (tertiary/aromatic N) is 2. The van der Waals surface area contributed by atoms with Crippen LogP contribution in [0.2, 0.25) is 0 Å². The summed E-state index contributed by atoms with van der Waals surface area (Å²) in [7, 11) is 1.59. The predicted molar refractivity (Wildman–Crippen MR) is 102 cm³/mol. The van der Waals surface area contributed by atoms with Crippen molar-refractivity contribution in [3.05, 3.63) is 40.1 Å². The number of thiocarbonyl (C=S) groups is 1. The SMILES string of the molecule is COc1ccc(NC(=S)NCCCn2nc(C(F)(F)F)c(Br)c2C)cc1. The molecule has 0 unspecified atom stereocenters. The van der Waals surface area contributed by atoms with Crippen LogP contribution in [0, 0.1) is 6.92 Å². The van der Waals surface area contributed by atoms with Crippen LogP contribution in [0.4, 0.5) is 18.9 Å². The van der Waals surface area contributed by atoms with E-state index in [1.807, 2.05) is 24.3 Å². The average molecular weight is 451 g/mol. The molecule has 0 atom stereocenters. The Morgan fingerprint density at radius 3 is 2.50 bits per heavy atom. The lowest BCUT2D eigenvalue weighted by atomic mass is 10.3. The largest absolute Gasteiger partial charge is 0.497 e. The molecule has 0 aliphatic heterocycles. The zero-order chi connectivity index (χ0) is 19.3. The third kappa shape index (κ3) is 5.34. The van der Waals surface area contributed by atoms with Gasteiger partial charge in [0.15, 0.2) is 10.8 Å². The van der Waals surface area contributed by atoms with Crippen molar-refractivity contribution in [3.63, 3.8) is 0 Å². The molecule has 1 aromatic carbocycles. The molecule has 2 rings (SSSR count). The number of halogens is 4. The summed E-state index contributed by atoms with van der Waals surface area (Å²) < 4.78 is 44.9. The number of hydrogen-bond acceptors (Lipinski definition) is 3. The summed E-state index contributed by atoms with van der Waals surface area (Å²) >= 11 is 8.15. The van der Waals surface area contributed by atoms with Gasteiger partial charge in [-0.05, 0) is 65.8 Å². The molecule has 0 fully saturated rings. The Kier molecular flexibility index (Phi) is 6.87. The number of aromatic nitrogens is 2. The third-order valence-corrected chi connectivity index (χ3v) is 4.78. The van der Waals surface area contributed by atoms with Gasteiger partial charge in [-0.1, -0.05) is 0 Å². The summed E-state index contributed by atoms with van der Waals surface area (Å²) in [6, 6.07) is 7.27. The number of alkyl halides is 3. The number of ether oxygens (including phenoxy) is 1. The van der Waals surface area contributed by atoms with Gasteiger partial charge in [-0.25, -0.2) is 0 Å². The maximum atomic E-state index is 12.8. The van der Waals surface area contributed by atoms with Crippen molar-refractivity contribution >= 4 is 38.9 Å². The van der Waals surface area contributed by atoms with Crippen LogP contribution in [0.1, 0.15) is 17.8 Å². The lowest BCUT2D eigenvalue weighted by molar-refractivity contribution is -0.142. The highest BCUT2D eigenvalue weighted by molar-refractivity contribution is 9.10. The number of hydrogen-bond donors (Lipinski definition) is 2. The molecule has 0 radical (unpaired) electrons. The fraction of sp³-hybridized carbons (Fsp3) is 0.375. The molecule has 0 aliphatic carbocycles. The lowest BCUT2D eigenvalue weighted by Gasteiger charge is -2.11. The molecule has 26 heavy (non-hydrogen) atoms. The molecule has 1 aromatic heterocycles. The monoisotopic (exact) mass is 450 g/mol. The first-order chi connectivity index (χ1) is 12.2. The van der Waals surface area contributed by atoms with Gasteiger partial charge < -0.3 is 15.4 Å². The van der Waals surface area contributed by atoms with Crippen molar-refractivity contribution < 1.29 is 17.9 Å². The predicted octanol–water partition coefficient (Wildman–Crippen LogP) is 4.36. The van der Waals surface area contributed by atoms with Gasteiger partial charge >= 0.3 is 6.18 Å². The highest BCUT2D eigenvalue weighted by atomic mass is 79.9. The fourth-order valence-electron chi connectivity index (χ4n) is 2.20. The van der Waals surface area contributed by atoms with Crippen molar-refractivity contribution in [3.8, 4) is 5.75 Å². The summed E-state index contributed by atoms with van der Waals surface area (Å²) in [5.41, 5.74) is 0.348. The van der Waals surface area contributed by atoms with Gasteiger partial charge in [-0.3, -0.25) is 4.68 Å². The Morgan fingerprint density at radius 2 is 1.96 bits per heavy atom. The van der Waals surface area contributed by atoms with E-state index in [-0.39, 0.29) is 4.47 Å². The van der Waals surface area contributed by atoms with Gasteiger partial charge in [0.25, 0.3) is 0 Å². The fourth-order valence-corrected chi connectivity index (χ4v) is 2.93. The molecule has 1 heterocycles. The minimum Gasteiger partial charge on any atom is -0.497 e. The highest BCUT2D eigenvalue weighted by Gasteiger charge is 2.37. The Balaban J connectivity index is 1.80. The Bertz CT molecular complexity index is 762. The van der Waals surface area contributed by atoms with Gasteiger partial charge in [0.1, 0.15) is 5.75 Å². The van der Waals surface area contributed by atoms with Crippen molar-refractivity contribution in [2.75, 3.05) is 19.0 Å². The standard InChI is InChI=1S/C16H18BrF3N4OS/c1-10-13(17)14(16(18,19)20)23-24(10)9-3-8-21-15(26)22-11-4-6-12(25-2)7-5-11/h4-7H,3,8-9H2,1-2H3,(H2,21,22,26). The van der Waals surface area contributed by atoms with Crippen LogP contribution in [-0.2, 0) is 12.7 Å². The van der Waals surface area contributed by atoms with Gasteiger partial charge in [0, 0.05) is 18.8 Å². The van der Waals surface area contributed by atoms with Crippen molar-refractivity contribution in [1.29, 1.82) is 0 Å². The molecule has 2 N–H and O–H groups in total. The van der Waals surface area contributed by atoms with Gasteiger partial charge in [-0.15, -0.1) is 0 Å². The van der Waals surface area contributed by atoms with Crippen LogP contribution in [0.15, 0.2) is 28.7 Å². The molecule has 0 saturated heterocycles. The second kappa shape index (κ2) is 8.72. The van der Waals surface area contributed by atoms with Crippen molar-refractivity contribution in [2.24, 2.45) is 0 Å². The highest BCUT2D eigenvalue weighted by Crippen LogP contribution is 2.35. The second-order valence-corrected chi connectivity index (χ2v) is 6.63. The average Bonchev–Trinajstić information content (AvgIpc) is 2.88. The smallest absolute Gasteiger partial charge is 0.436 e. The summed E-state index contributed by atoms with van der Waals surface area (Å²) in [6.45, 7) is 2.44. The number of rotatable bonds is 6. The van der Waals surface area contributed by atoms with Crippen LogP contribution in [0.25, 0.3) is 0 Å². The van der Waals surface area contributed by atoms with Gasteiger partial charge in [0.05, 0.1) is 17.3 Å². The Labute approximate surface area is 163 Å². The molecule has 0 bridgehead atoms. The van der Waals surface area contributed by atoms with Crippen LogP contribution in [-0.4, -0.2) is 28.5 Å². The quantitative estimate of drug-likeness (QED) is 0.505. The van der Waals surface area contributed by atoms with E-state index in [9.17, 15) is 13.2 Å². The maximum Gasteiger partial charge on any atom is 0.436 e. The summed E-state index contributed by atoms with van der Waals surface area (Å²) in [6.07, 6.45) is -3.91. The molecule has 0 amide bonds. The Morgan fingerprint density at radius 1 is 1.31 bits per heavy atom. The molecule has 0 saturated carbocycles. The third-order valence-electron chi connectivity index (χ3n) is 3.58. The van der Waals surface area contributed by atoms with E-state index in [2.05, 4.69) is 31.7 Å². The Hall–Kier alpha value is -1.81. The molecule has 2 aromatic rings. The van der Waals surface area contributed by atoms with E-state index >= 15 is 0 Å². The molecule has 142 valence electrons. The van der Waals surface area contributed by atoms with E-state index in [1.165, 1.54) is 4.68 Å². The van der Waals surface area contributed by atoms with Gasteiger partial charge in [0.2, 0.25) is 0 Å². The van der Waals surface area contributed by atoms with Gasteiger partial charge in [-0.2, -0.15) is 18.3 Å². The van der Waals surface area contributed by atoms with E-state index < -0.39 is 11.9 Å². The molecule has 10 heteroatoms. The number of aryl methyl sites for hydroxylation is 1. The molecular formula is C16H18BrF3N4OS. The van der Waals surface area contributed by atoms with Crippen LogP contribution < -0.4 is 15.4 Å². The van der Waals surface area contributed by atoms with Crippen molar-refractivity contribution in [2.45, 2.75) is 26.1 Å². The molecule has 5 nitrogen and oxygen atoms in total. The first kappa shape index (κ1) is 20.5. The maximum absolute atomic E-state index is 12.8. The summed E-state index contributed by atoms with van der Waals surface area (Å²) in [5.74, 6) is 0.744. The zero-order valence-electron chi connectivity index (χ0n) is 14.2. The van der Waals surface area contributed by atoms with Crippen LogP contribution in [0.3, 0.4) is 0 Å². The summed E-state index contributed by atoms with van der Waals surface area (Å²) in [4.78, 5) is 0. The molecular weight excluding hydrogens is 433 g/mol. The number of methoxy groups -OCH3 is 1. The normalized spacial score (nSPS) is 11.3. The zero-order valence-corrected chi connectivity index (χ0v) is 16.6. The summed E-state index contributed by atoms with van der Waals surface area (Å²) in [5, 5.41) is 10.1. The second-order valence-electron chi connectivity index (χ2n) is 5.43. The minimum absolute atomic E-state index is 0.0188. The van der Waals surface area contributed by atoms with E-state index in [0.717, 1.165) is 11.4 Å². The lowest BCUT2D eigenvalue weighted by Crippen LogP contribution is -2.29. The van der Waals surface area contributed by atoms with E-state index in [0.29, 0.717) is 30.3 Å². The first-order valence-electron chi connectivity index (χ1n) is 7.71. The minimum atomic E-state index is -4.48. The number of nitrogens with one attached hydrogen (secondary N) is 2. The molecule has 0 spiro atoms. The first-order valence-corrected chi connectivity index (χ1v) is 8.91. The van der Waals surface area contributed by atoms with Crippen LogP contribution >= 0.6 is 28.1 Å². The number of anilines is 1. The number of benzene rings is 1. The van der Waals surface area contributed by atoms with E-state index in [4.69, 9.17) is 17.0 Å². The molecule has 0 aliphatic rings.